The summed E-state index contributed by atoms with van der Waals surface area (Å²) >= 11 is 2.15. The van der Waals surface area contributed by atoms with Gasteiger partial charge in [0.25, 0.3) is 0 Å². The number of carbonyl (C=O) groups excluding carboxylic acids is 1. The Morgan fingerprint density at radius 1 is 1.33 bits per heavy atom. The molecule has 1 rings (SSSR count). The van der Waals surface area contributed by atoms with Gasteiger partial charge in [-0.05, 0) is 42.0 Å². The summed E-state index contributed by atoms with van der Waals surface area (Å²) in [4.78, 5) is 15.7. The van der Waals surface area contributed by atoms with Gasteiger partial charge in [0, 0.05) is 3.57 Å². The number of methoxy groups -OCH3 is 2. The second-order valence-corrected chi connectivity index (χ2v) is 4.09. The number of aromatic nitrogens is 1. The number of pyridine rings is 1. The highest BCUT2D eigenvalue weighted by Gasteiger charge is 2.20. The highest BCUT2D eigenvalue weighted by atomic mass is 127. The normalized spacial score (nSPS) is 9.93. The molecule has 0 saturated carbocycles. The van der Waals surface area contributed by atoms with E-state index in [2.05, 4.69) is 27.6 Å². The van der Waals surface area contributed by atoms with Crippen molar-refractivity contribution < 1.29 is 14.3 Å². The van der Waals surface area contributed by atoms with Gasteiger partial charge in [-0.15, -0.1) is 0 Å². The van der Waals surface area contributed by atoms with Crippen LogP contribution in [0.1, 0.15) is 21.6 Å². The first-order valence-corrected chi connectivity index (χ1v) is 5.39. The predicted octanol–water partition coefficient (Wildman–Crippen LogP) is 2.10. The molecule has 0 aromatic carbocycles. The number of ether oxygens (including phenoxy) is 2. The van der Waals surface area contributed by atoms with E-state index in [0.29, 0.717) is 11.4 Å². The molecule has 0 bridgehead atoms. The Bertz CT molecular complexity index is 404. The topological polar surface area (TPSA) is 48.4 Å². The predicted molar refractivity (Wildman–Crippen MR) is 64.3 cm³/mol. The summed E-state index contributed by atoms with van der Waals surface area (Å²) in [6, 6.07) is 0. The van der Waals surface area contributed by atoms with Crippen molar-refractivity contribution in [1.82, 2.24) is 4.98 Å². The largest absolute Gasteiger partial charge is 0.480 e. The van der Waals surface area contributed by atoms with E-state index in [-0.39, 0.29) is 0 Å². The summed E-state index contributed by atoms with van der Waals surface area (Å²) in [7, 11) is 2.83. The van der Waals surface area contributed by atoms with Crippen molar-refractivity contribution >= 4 is 28.6 Å². The Morgan fingerprint density at radius 2 is 1.93 bits per heavy atom. The third-order valence-corrected chi connectivity index (χ3v) is 3.68. The Hall–Kier alpha value is -0.850. The highest BCUT2D eigenvalue weighted by Crippen LogP contribution is 2.26. The number of esters is 1. The van der Waals surface area contributed by atoms with Gasteiger partial charge >= 0.3 is 5.97 Å². The molecule has 1 heterocycles. The lowest BCUT2D eigenvalue weighted by Crippen LogP contribution is -2.10. The first kappa shape index (κ1) is 12.2. The molecular formula is C10H12INO3. The van der Waals surface area contributed by atoms with Gasteiger partial charge in [-0.25, -0.2) is 9.78 Å². The highest BCUT2D eigenvalue weighted by molar-refractivity contribution is 14.1. The van der Waals surface area contributed by atoms with Crippen LogP contribution in [0.25, 0.3) is 0 Å². The van der Waals surface area contributed by atoms with Crippen molar-refractivity contribution in [2.24, 2.45) is 0 Å². The van der Waals surface area contributed by atoms with Gasteiger partial charge in [-0.2, -0.15) is 0 Å². The van der Waals surface area contributed by atoms with Crippen LogP contribution >= 0.6 is 22.6 Å². The standard InChI is InChI=1S/C10H12INO3/c1-5-7(10(13)15-4)9(14-3)12-6(2)8(5)11/h1-4H3. The van der Waals surface area contributed by atoms with Crippen LogP contribution < -0.4 is 4.74 Å². The summed E-state index contributed by atoms with van der Waals surface area (Å²) in [5.74, 6) is -0.105. The first-order valence-electron chi connectivity index (χ1n) is 4.32. The third kappa shape index (κ3) is 2.22. The number of nitrogens with zero attached hydrogens (tertiary/aromatic N) is 1. The van der Waals surface area contributed by atoms with Gasteiger partial charge in [0.15, 0.2) is 0 Å². The molecule has 0 fully saturated rings. The maximum Gasteiger partial charge on any atom is 0.343 e. The van der Waals surface area contributed by atoms with E-state index in [4.69, 9.17) is 9.47 Å². The lowest BCUT2D eigenvalue weighted by molar-refractivity contribution is 0.0595. The fraction of sp³-hybridized carbons (Fsp3) is 0.400. The van der Waals surface area contributed by atoms with Crippen molar-refractivity contribution in [3.05, 3.63) is 20.4 Å². The zero-order chi connectivity index (χ0) is 11.6. The Balaban J connectivity index is 3.47. The first-order chi connectivity index (χ1) is 7.02. The second kappa shape index (κ2) is 4.78. The van der Waals surface area contributed by atoms with E-state index in [0.717, 1.165) is 14.8 Å². The minimum absolute atomic E-state index is 0.317. The molecule has 15 heavy (non-hydrogen) atoms. The van der Waals surface area contributed by atoms with Gasteiger partial charge in [-0.3, -0.25) is 0 Å². The average Bonchev–Trinajstić information content (AvgIpc) is 2.24. The molecule has 1 aromatic heterocycles. The lowest BCUT2D eigenvalue weighted by atomic mass is 10.1. The van der Waals surface area contributed by atoms with Crippen molar-refractivity contribution in [2.75, 3.05) is 14.2 Å². The molecule has 0 unspecified atom stereocenters. The Kier molecular flexibility index (Phi) is 3.90. The molecule has 4 nitrogen and oxygen atoms in total. The van der Waals surface area contributed by atoms with Crippen molar-refractivity contribution in [2.45, 2.75) is 13.8 Å². The van der Waals surface area contributed by atoms with Gasteiger partial charge in [0.2, 0.25) is 5.88 Å². The molecule has 0 spiro atoms. The smallest absolute Gasteiger partial charge is 0.343 e. The zero-order valence-corrected chi connectivity index (χ0v) is 11.2. The number of rotatable bonds is 2. The van der Waals surface area contributed by atoms with E-state index in [1.54, 1.807) is 0 Å². The van der Waals surface area contributed by atoms with E-state index < -0.39 is 5.97 Å². The Labute approximate surface area is 102 Å². The van der Waals surface area contributed by atoms with Crippen molar-refractivity contribution in [3.63, 3.8) is 0 Å². The minimum atomic E-state index is -0.422. The van der Waals surface area contributed by atoms with E-state index in [1.165, 1.54) is 14.2 Å². The quantitative estimate of drug-likeness (QED) is 0.618. The van der Waals surface area contributed by atoms with Crippen LogP contribution in [-0.4, -0.2) is 25.2 Å². The molecule has 82 valence electrons. The maximum atomic E-state index is 11.5. The molecule has 0 aliphatic heterocycles. The lowest BCUT2D eigenvalue weighted by Gasteiger charge is -2.12. The molecule has 5 heteroatoms. The number of aryl methyl sites for hydroxylation is 1. The Morgan fingerprint density at radius 3 is 2.40 bits per heavy atom. The van der Waals surface area contributed by atoms with Gasteiger partial charge in [0.05, 0.1) is 19.9 Å². The number of hydrogen-bond acceptors (Lipinski definition) is 4. The van der Waals surface area contributed by atoms with Gasteiger partial charge in [0.1, 0.15) is 5.56 Å². The van der Waals surface area contributed by atoms with Crippen LogP contribution in [-0.2, 0) is 4.74 Å². The monoisotopic (exact) mass is 321 g/mol. The molecule has 0 aliphatic rings. The van der Waals surface area contributed by atoms with E-state index >= 15 is 0 Å². The summed E-state index contributed by atoms with van der Waals surface area (Å²) in [5, 5.41) is 0. The van der Waals surface area contributed by atoms with Crippen molar-refractivity contribution in [1.29, 1.82) is 0 Å². The van der Waals surface area contributed by atoms with E-state index in [9.17, 15) is 4.79 Å². The molecule has 0 saturated heterocycles. The molecule has 0 aliphatic carbocycles. The van der Waals surface area contributed by atoms with Crippen LogP contribution in [0.2, 0.25) is 0 Å². The minimum Gasteiger partial charge on any atom is -0.480 e. The molecule has 0 atom stereocenters. The maximum absolute atomic E-state index is 11.5. The van der Waals surface area contributed by atoms with Gasteiger partial charge < -0.3 is 9.47 Å². The molecule has 1 aromatic rings. The van der Waals surface area contributed by atoms with Crippen LogP contribution in [0.15, 0.2) is 0 Å². The number of halogens is 1. The summed E-state index contributed by atoms with van der Waals surface area (Å²) in [6.07, 6.45) is 0. The van der Waals surface area contributed by atoms with Crippen molar-refractivity contribution in [3.8, 4) is 5.88 Å². The second-order valence-electron chi connectivity index (χ2n) is 3.01. The summed E-state index contributed by atoms with van der Waals surface area (Å²) in [5.41, 5.74) is 2.08. The van der Waals surface area contributed by atoms with E-state index in [1.807, 2.05) is 13.8 Å². The van der Waals surface area contributed by atoms with Crippen LogP contribution in [0.5, 0.6) is 5.88 Å². The number of carbonyl (C=O) groups is 1. The fourth-order valence-corrected chi connectivity index (χ4v) is 1.68. The summed E-state index contributed by atoms with van der Waals surface area (Å²) in [6.45, 7) is 3.73. The van der Waals surface area contributed by atoms with Gasteiger partial charge in [-0.1, -0.05) is 0 Å². The molecule has 0 amide bonds. The average molecular weight is 321 g/mol. The third-order valence-electron chi connectivity index (χ3n) is 2.09. The molecular weight excluding hydrogens is 309 g/mol. The van der Waals surface area contributed by atoms with Crippen LogP contribution in [0.4, 0.5) is 0 Å². The van der Waals surface area contributed by atoms with Crippen LogP contribution in [0.3, 0.4) is 0 Å². The summed E-state index contributed by atoms with van der Waals surface area (Å²) < 4.78 is 10.7. The number of hydrogen-bond donors (Lipinski definition) is 0. The zero-order valence-electron chi connectivity index (χ0n) is 9.05. The molecule has 0 N–H and O–H groups in total. The van der Waals surface area contributed by atoms with Crippen LogP contribution in [0, 0.1) is 17.4 Å². The molecule has 0 radical (unpaired) electrons. The SMILES string of the molecule is COC(=O)c1c(OC)nc(C)c(I)c1C. The fourth-order valence-electron chi connectivity index (χ4n) is 1.29.